The third-order valence-electron chi connectivity index (χ3n) is 3.88. The van der Waals surface area contributed by atoms with Crippen LogP contribution in [0.2, 0.25) is 0 Å². The van der Waals surface area contributed by atoms with E-state index in [1.54, 1.807) is 0 Å². The normalized spacial score (nSPS) is 20.4. The summed E-state index contributed by atoms with van der Waals surface area (Å²) in [5.74, 6) is -0.0542. The summed E-state index contributed by atoms with van der Waals surface area (Å²) in [7, 11) is 0. The van der Waals surface area contributed by atoms with Crippen LogP contribution in [-0.4, -0.2) is 43.2 Å². The van der Waals surface area contributed by atoms with Crippen molar-refractivity contribution in [1.29, 1.82) is 0 Å². The van der Waals surface area contributed by atoms with Gasteiger partial charge >= 0.3 is 5.97 Å². The van der Waals surface area contributed by atoms with Crippen molar-refractivity contribution in [3.05, 3.63) is 0 Å². The summed E-state index contributed by atoms with van der Waals surface area (Å²) in [5, 5.41) is 0. The van der Waals surface area contributed by atoms with Gasteiger partial charge in [0.25, 0.3) is 0 Å². The van der Waals surface area contributed by atoms with E-state index in [1.807, 2.05) is 6.92 Å². The van der Waals surface area contributed by atoms with Crippen molar-refractivity contribution in [2.75, 3.05) is 26.2 Å². The number of carbonyl (C=O) groups excluding carboxylic acids is 1. The molecule has 1 saturated heterocycles. The van der Waals surface area contributed by atoms with Crippen molar-refractivity contribution in [1.82, 2.24) is 4.90 Å². The van der Waals surface area contributed by atoms with Gasteiger partial charge < -0.3 is 15.4 Å². The molecule has 4 heteroatoms. The Morgan fingerprint density at radius 2 is 2.16 bits per heavy atom. The number of hydrogen-bond donors (Lipinski definition) is 1. The number of unbranched alkanes of at least 4 members (excludes halogenated alkanes) is 2. The first-order valence-electron chi connectivity index (χ1n) is 7.87. The van der Waals surface area contributed by atoms with Crippen molar-refractivity contribution < 1.29 is 9.53 Å². The number of piperidine rings is 1. The second-order valence-corrected chi connectivity index (χ2v) is 5.38. The molecule has 0 bridgehead atoms. The number of nitrogens with two attached hydrogens (primary N) is 1. The summed E-state index contributed by atoms with van der Waals surface area (Å²) in [6.07, 6.45) is 8.93. The molecule has 0 spiro atoms. The second kappa shape index (κ2) is 10.2. The van der Waals surface area contributed by atoms with E-state index in [0.29, 0.717) is 19.1 Å². The highest BCUT2D eigenvalue weighted by molar-refractivity contribution is 5.69. The van der Waals surface area contributed by atoms with Gasteiger partial charge in [-0.2, -0.15) is 0 Å². The predicted molar refractivity (Wildman–Crippen MR) is 78.0 cm³/mol. The summed E-state index contributed by atoms with van der Waals surface area (Å²) in [5.41, 5.74) is 5.68. The molecule has 1 heterocycles. The molecule has 0 aromatic carbocycles. The Kier molecular flexibility index (Phi) is 8.84. The third kappa shape index (κ3) is 6.92. The topological polar surface area (TPSA) is 55.6 Å². The molecule has 0 aliphatic carbocycles. The minimum Gasteiger partial charge on any atom is -0.466 e. The lowest BCUT2D eigenvalue weighted by Gasteiger charge is -2.35. The molecule has 0 saturated carbocycles. The van der Waals surface area contributed by atoms with Crippen LogP contribution < -0.4 is 5.73 Å². The van der Waals surface area contributed by atoms with Gasteiger partial charge in [-0.25, -0.2) is 0 Å². The van der Waals surface area contributed by atoms with Gasteiger partial charge in [0.1, 0.15) is 0 Å². The van der Waals surface area contributed by atoms with Crippen molar-refractivity contribution in [3.63, 3.8) is 0 Å². The van der Waals surface area contributed by atoms with E-state index >= 15 is 0 Å². The van der Waals surface area contributed by atoms with E-state index in [2.05, 4.69) is 4.90 Å². The van der Waals surface area contributed by atoms with Crippen LogP contribution in [-0.2, 0) is 9.53 Å². The number of esters is 1. The van der Waals surface area contributed by atoms with Crippen LogP contribution in [0.15, 0.2) is 0 Å². The van der Waals surface area contributed by atoms with Gasteiger partial charge in [0.05, 0.1) is 6.61 Å². The van der Waals surface area contributed by atoms with E-state index in [9.17, 15) is 4.79 Å². The maximum atomic E-state index is 11.2. The fraction of sp³-hybridized carbons (Fsp3) is 0.933. The zero-order chi connectivity index (χ0) is 13.9. The lowest BCUT2D eigenvalue weighted by Crippen LogP contribution is -2.41. The lowest BCUT2D eigenvalue weighted by molar-refractivity contribution is -0.143. The molecule has 0 radical (unpaired) electrons. The van der Waals surface area contributed by atoms with Gasteiger partial charge in [0.2, 0.25) is 0 Å². The number of nitrogens with zero attached hydrogens (tertiary/aromatic N) is 1. The van der Waals surface area contributed by atoms with Gasteiger partial charge in [-0.3, -0.25) is 4.79 Å². The third-order valence-corrected chi connectivity index (χ3v) is 3.88. The van der Waals surface area contributed by atoms with Gasteiger partial charge in [-0.05, 0) is 58.7 Å². The number of carbonyl (C=O) groups is 1. The molecule has 112 valence electrons. The molecule has 1 rings (SSSR count). The Morgan fingerprint density at radius 3 is 2.89 bits per heavy atom. The summed E-state index contributed by atoms with van der Waals surface area (Å²) in [4.78, 5) is 13.8. The number of hydrogen-bond acceptors (Lipinski definition) is 4. The van der Waals surface area contributed by atoms with Crippen molar-refractivity contribution in [3.8, 4) is 0 Å². The zero-order valence-corrected chi connectivity index (χ0v) is 12.4. The van der Waals surface area contributed by atoms with Gasteiger partial charge in [-0.15, -0.1) is 0 Å². The monoisotopic (exact) mass is 270 g/mol. The highest BCUT2D eigenvalue weighted by atomic mass is 16.5. The smallest absolute Gasteiger partial charge is 0.305 e. The number of rotatable bonds is 9. The molecule has 0 aromatic rings. The molecule has 19 heavy (non-hydrogen) atoms. The van der Waals surface area contributed by atoms with E-state index < -0.39 is 0 Å². The van der Waals surface area contributed by atoms with Crippen LogP contribution in [0.3, 0.4) is 0 Å². The predicted octanol–water partition coefficient (Wildman–Crippen LogP) is 2.31. The molecule has 4 nitrogen and oxygen atoms in total. The van der Waals surface area contributed by atoms with Crippen molar-refractivity contribution >= 4 is 5.97 Å². The highest BCUT2D eigenvalue weighted by Crippen LogP contribution is 2.19. The first-order chi connectivity index (χ1) is 9.27. The van der Waals surface area contributed by atoms with Crippen LogP contribution >= 0.6 is 0 Å². The average Bonchev–Trinajstić information content (AvgIpc) is 2.41. The number of likely N-dealkylation sites (tertiary alicyclic amines) is 1. The van der Waals surface area contributed by atoms with Crippen LogP contribution in [0.4, 0.5) is 0 Å². The van der Waals surface area contributed by atoms with Crippen molar-refractivity contribution in [2.45, 2.75) is 64.3 Å². The molecule has 0 amide bonds. The molecular formula is C15H30N2O2. The van der Waals surface area contributed by atoms with E-state index in [1.165, 1.54) is 32.2 Å². The molecule has 1 atom stereocenters. The zero-order valence-electron chi connectivity index (χ0n) is 12.4. The Bertz CT molecular complexity index is 244. The van der Waals surface area contributed by atoms with E-state index in [0.717, 1.165) is 32.4 Å². The second-order valence-electron chi connectivity index (χ2n) is 5.38. The van der Waals surface area contributed by atoms with Crippen LogP contribution in [0.1, 0.15) is 58.3 Å². The Balaban J connectivity index is 2.08. The SMILES string of the molecule is CCOC(=O)CCCCCN1CCCCC1CCN. The minimum atomic E-state index is -0.0542. The minimum absolute atomic E-state index is 0.0542. The molecule has 1 unspecified atom stereocenters. The largest absolute Gasteiger partial charge is 0.466 e. The molecule has 1 fully saturated rings. The summed E-state index contributed by atoms with van der Waals surface area (Å²) >= 11 is 0. The first-order valence-corrected chi connectivity index (χ1v) is 7.87. The Morgan fingerprint density at radius 1 is 1.32 bits per heavy atom. The molecular weight excluding hydrogens is 240 g/mol. The van der Waals surface area contributed by atoms with Crippen molar-refractivity contribution in [2.24, 2.45) is 5.73 Å². The maximum absolute atomic E-state index is 11.2. The van der Waals surface area contributed by atoms with E-state index in [-0.39, 0.29) is 5.97 Å². The summed E-state index contributed by atoms with van der Waals surface area (Å²) in [6, 6.07) is 0.698. The van der Waals surface area contributed by atoms with Gasteiger partial charge in [0, 0.05) is 12.5 Å². The van der Waals surface area contributed by atoms with Gasteiger partial charge in [-0.1, -0.05) is 12.8 Å². The quantitative estimate of drug-likeness (QED) is 0.516. The van der Waals surface area contributed by atoms with Crippen LogP contribution in [0.25, 0.3) is 0 Å². The Hall–Kier alpha value is -0.610. The number of ether oxygens (including phenoxy) is 1. The average molecular weight is 270 g/mol. The van der Waals surface area contributed by atoms with E-state index in [4.69, 9.17) is 10.5 Å². The Labute approximate surface area is 117 Å². The fourth-order valence-corrected chi connectivity index (χ4v) is 2.87. The fourth-order valence-electron chi connectivity index (χ4n) is 2.87. The standard InChI is InChI=1S/C15H30N2O2/c1-2-19-15(18)9-4-3-6-12-17-13-7-5-8-14(17)10-11-16/h14H,2-13,16H2,1H3. The molecule has 1 aliphatic heterocycles. The lowest BCUT2D eigenvalue weighted by atomic mass is 9.99. The first kappa shape index (κ1) is 16.4. The molecule has 0 aromatic heterocycles. The van der Waals surface area contributed by atoms with Gasteiger partial charge in [0.15, 0.2) is 0 Å². The van der Waals surface area contributed by atoms with Crippen LogP contribution in [0, 0.1) is 0 Å². The van der Waals surface area contributed by atoms with Crippen LogP contribution in [0.5, 0.6) is 0 Å². The highest BCUT2D eigenvalue weighted by Gasteiger charge is 2.20. The molecule has 2 N–H and O–H groups in total. The summed E-state index contributed by atoms with van der Waals surface area (Å²) < 4.78 is 4.92. The molecule has 1 aliphatic rings. The maximum Gasteiger partial charge on any atom is 0.305 e. The summed E-state index contributed by atoms with van der Waals surface area (Å²) in [6.45, 7) is 5.53.